The maximum Gasteiger partial charge on any atom is 0.303 e. The van der Waals surface area contributed by atoms with Crippen LogP contribution in [0.2, 0.25) is 0 Å². The minimum Gasteiger partial charge on any atom is -0.481 e. The topological polar surface area (TPSA) is 97.1 Å². The summed E-state index contributed by atoms with van der Waals surface area (Å²) in [4.78, 5) is 22.4. The van der Waals surface area contributed by atoms with Crippen molar-refractivity contribution in [2.45, 2.75) is 32.1 Å². The van der Waals surface area contributed by atoms with Crippen LogP contribution in [0.15, 0.2) is 18.2 Å². The first-order valence-electron chi connectivity index (χ1n) is 7.37. The van der Waals surface area contributed by atoms with E-state index in [4.69, 9.17) is 5.11 Å². The zero-order valence-corrected chi connectivity index (χ0v) is 12.6. The van der Waals surface area contributed by atoms with Crippen LogP contribution in [0.3, 0.4) is 0 Å². The van der Waals surface area contributed by atoms with Gasteiger partial charge in [0.25, 0.3) is 5.91 Å². The van der Waals surface area contributed by atoms with Gasteiger partial charge in [0.2, 0.25) is 0 Å². The predicted octanol–water partition coefficient (Wildman–Crippen LogP) is 1.73. The van der Waals surface area contributed by atoms with Gasteiger partial charge in [0.1, 0.15) is 5.52 Å². The number of benzene rings is 1. The second kappa shape index (κ2) is 7.53. The quantitative estimate of drug-likeness (QED) is 0.724. The fourth-order valence-corrected chi connectivity index (χ4v) is 2.24. The number of aryl methyl sites for hydroxylation is 1. The second-order valence-electron chi connectivity index (χ2n) is 5.23. The third kappa shape index (κ3) is 4.28. The Morgan fingerprint density at radius 3 is 2.77 bits per heavy atom. The molecule has 0 spiro atoms. The standard InChI is InChI=1S/C15H20N4O3/c1-19-13-8-7-11(10-12(13)17-18-19)15(22)16-9-5-3-2-4-6-14(20)21/h7-8,10H,2-6,9H2,1H3,(H,16,22)(H,20,21). The number of carbonyl (C=O) groups excluding carboxylic acids is 1. The summed E-state index contributed by atoms with van der Waals surface area (Å²) < 4.78 is 1.66. The van der Waals surface area contributed by atoms with Crippen molar-refractivity contribution in [1.82, 2.24) is 20.3 Å². The van der Waals surface area contributed by atoms with Crippen LogP contribution in [-0.4, -0.2) is 38.5 Å². The molecule has 0 radical (unpaired) electrons. The third-order valence-corrected chi connectivity index (χ3v) is 3.48. The molecule has 22 heavy (non-hydrogen) atoms. The molecule has 0 aliphatic rings. The Morgan fingerprint density at radius 1 is 1.23 bits per heavy atom. The summed E-state index contributed by atoms with van der Waals surface area (Å²) in [6.07, 6.45) is 3.53. The molecule has 7 nitrogen and oxygen atoms in total. The van der Waals surface area contributed by atoms with E-state index in [2.05, 4.69) is 15.6 Å². The number of aromatic nitrogens is 3. The van der Waals surface area contributed by atoms with Crippen LogP contribution in [0.25, 0.3) is 11.0 Å². The lowest BCUT2D eigenvalue weighted by molar-refractivity contribution is -0.137. The number of fused-ring (bicyclic) bond motifs is 1. The predicted molar refractivity (Wildman–Crippen MR) is 81.6 cm³/mol. The average molecular weight is 304 g/mol. The summed E-state index contributed by atoms with van der Waals surface area (Å²) in [5.74, 6) is -0.884. The van der Waals surface area contributed by atoms with E-state index in [9.17, 15) is 9.59 Å². The largest absolute Gasteiger partial charge is 0.481 e. The molecule has 0 atom stereocenters. The number of nitrogens with zero attached hydrogens (tertiary/aromatic N) is 3. The highest BCUT2D eigenvalue weighted by Crippen LogP contribution is 2.12. The normalized spacial score (nSPS) is 10.8. The minimum absolute atomic E-state index is 0.127. The molecule has 118 valence electrons. The molecule has 1 aromatic heterocycles. The molecule has 0 saturated carbocycles. The maximum atomic E-state index is 12.0. The number of carboxylic acid groups (broad SMARTS) is 1. The molecule has 7 heteroatoms. The number of hydrogen-bond donors (Lipinski definition) is 2. The Labute approximate surface area is 128 Å². The van der Waals surface area contributed by atoms with Crippen molar-refractivity contribution in [3.8, 4) is 0 Å². The van der Waals surface area contributed by atoms with Gasteiger partial charge < -0.3 is 10.4 Å². The summed E-state index contributed by atoms with van der Waals surface area (Å²) in [7, 11) is 1.80. The van der Waals surface area contributed by atoms with Gasteiger partial charge in [-0.25, -0.2) is 4.68 Å². The van der Waals surface area contributed by atoms with E-state index in [1.165, 1.54) is 0 Å². The molecule has 1 aromatic carbocycles. The van der Waals surface area contributed by atoms with Crippen molar-refractivity contribution >= 4 is 22.9 Å². The Bertz CT molecular complexity index is 666. The highest BCUT2D eigenvalue weighted by molar-refractivity contribution is 5.97. The van der Waals surface area contributed by atoms with Crippen molar-refractivity contribution in [3.05, 3.63) is 23.8 Å². The molecule has 2 aromatic rings. The lowest BCUT2D eigenvalue weighted by atomic mass is 10.1. The van der Waals surface area contributed by atoms with Crippen molar-refractivity contribution < 1.29 is 14.7 Å². The Hall–Kier alpha value is -2.44. The van der Waals surface area contributed by atoms with Gasteiger partial charge in [0, 0.05) is 25.6 Å². The molecule has 2 N–H and O–H groups in total. The minimum atomic E-state index is -0.757. The van der Waals surface area contributed by atoms with Crippen molar-refractivity contribution in [1.29, 1.82) is 0 Å². The van der Waals surface area contributed by atoms with Crippen molar-refractivity contribution in [2.24, 2.45) is 7.05 Å². The highest BCUT2D eigenvalue weighted by atomic mass is 16.4. The van der Waals surface area contributed by atoms with Gasteiger partial charge in [0.15, 0.2) is 0 Å². The highest BCUT2D eigenvalue weighted by Gasteiger charge is 2.08. The molecular formula is C15H20N4O3. The first-order valence-corrected chi connectivity index (χ1v) is 7.37. The van der Waals surface area contributed by atoms with Gasteiger partial charge in [-0.15, -0.1) is 5.10 Å². The van der Waals surface area contributed by atoms with E-state index >= 15 is 0 Å². The number of aliphatic carboxylic acids is 1. The smallest absolute Gasteiger partial charge is 0.303 e. The van der Waals surface area contributed by atoms with Gasteiger partial charge in [-0.3, -0.25) is 9.59 Å². The van der Waals surface area contributed by atoms with Gasteiger partial charge in [-0.1, -0.05) is 18.1 Å². The van der Waals surface area contributed by atoms with E-state index < -0.39 is 5.97 Å². The van der Waals surface area contributed by atoms with Gasteiger partial charge in [0.05, 0.1) is 5.52 Å². The lowest BCUT2D eigenvalue weighted by Gasteiger charge is -2.05. The number of carboxylic acids is 1. The zero-order valence-electron chi connectivity index (χ0n) is 12.6. The van der Waals surface area contributed by atoms with E-state index in [1.54, 1.807) is 23.9 Å². The molecule has 0 aliphatic carbocycles. The van der Waals surface area contributed by atoms with E-state index in [-0.39, 0.29) is 12.3 Å². The summed E-state index contributed by atoms with van der Waals surface area (Å²) in [5.41, 5.74) is 2.15. The molecule has 1 amide bonds. The summed E-state index contributed by atoms with van der Waals surface area (Å²) in [5, 5.41) is 19.3. The zero-order chi connectivity index (χ0) is 15.9. The van der Waals surface area contributed by atoms with Crippen LogP contribution in [0.1, 0.15) is 42.5 Å². The Balaban J connectivity index is 1.73. The Morgan fingerprint density at radius 2 is 2.00 bits per heavy atom. The number of nitrogens with one attached hydrogen (secondary N) is 1. The fraction of sp³-hybridized carbons (Fsp3) is 0.467. The summed E-state index contributed by atoms with van der Waals surface area (Å²) >= 11 is 0. The van der Waals surface area contributed by atoms with Crippen LogP contribution in [-0.2, 0) is 11.8 Å². The number of rotatable bonds is 8. The molecular weight excluding hydrogens is 284 g/mol. The average Bonchev–Trinajstić information content (AvgIpc) is 2.86. The first kappa shape index (κ1) is 15.9. The molecule has 2 rings (SSSR count). The molecule has 0 aliphatic heterocycles. The van der Waals surface area contributed by atoms with Crippen LogP contribution in [0.4, 0.5) is 0 Å². The maximum absolute atomic E-state index is 12.0. The third-order valence-electron chi connectivity index (χ3n) is 3.48. The van der Waals surface area contributed by atoms with Gasteiger partial charge in [-0.05, 0) is 31.0 Å². The van der Waals surface area contributed by atoms with Crippen molar-refractivity contribution in [3.63, 3.8) is 0 Å². The molecule has 0 saturated heterocycles. The van der Waals surface area contributed by atoms with Crippen LogP contribution >= 0.6 is 0 Å². The Kier molecular flexibility index (Phi) is 5.46. The number of hydrogen-bond acceptors (Lipinski definition) is 4. The second-order valence-corrected chi connectivity index (χ2v) is 5.23. The van der Waals surface area contributed by atoms with Gasteiger partial charge in [-0.2, -0.15) is 0 Å². The lowest BCUT2D eigenvalue weighted by Crippen LogP contribution is -2.24. The number of unbranched alkanes of at least 4 members (excludes halogenated alkanes) is 3. The fourth-order valence-electron chi connectivity index (χ4n) is 2.24. The summed E-state index contributed by atoms with van der Waals surface area (Å²) in [6.45, 7) is 0.588. The van der Waals surface area contributed by atoms with E-state index in [0.717, 1.165) is 24.8 Å². The molecule has 0 fully saturated rings. The van der Waals surface area contributed by atoms with Crippen LogP contribution < -0.4 is 5.32 Å². The van der Waals surface area contributed by atoms with E-state index in [1.807, 2.05) is 6.07 Å². The molecule has 1 heterocycles. The first-order chi connectivity index (χ1) is 10.6. The number of amides is 1. The van der Waals surface area contributed by atoms with Gasteiger partial charge >= 0.3 is 5.97 Å². The monoisotopic (exact) mass is 304 g/mol. The SMILES string of the molecule is Cn1nnc2cc(C(=O)NCCCCCCC(=O)O)ccc21. The number of carbonyl (C=O) groups is 2. The van der Waals surface area contributed by atoms with E-state index in [0.29, 0.717) is 24.0 Å². The molecule has 0 unspecified atom stereocenters. The van der Waals surface area contributed by atoms with Crippen LogP contribution in [0, 0.1) is 0 Å². The summed E-state index contributed by atoms with van der Waals surface area (Å²) in [6, 6.07) is 5.31. The van der Waals surface area contributed by atoms with Crippen LogP contribution in [0.5, 0.6) is 0 Å². The molecule has 0 bridgehead atoms. The van der Waals surface area contributed by atoms with Crippen molar-refractivity contribution in [2.75, 3.05) is 6.54 Å².